The molecule has 0 aliphatic carbocycles. The van der Waals surface area contributed by atoms with Crippen molar-refractivity contribution in [2.45, 2.75) is 396 Å². The van der Waals surface area contributed by atoms with Gasteiger partial charge in [-0.05, 0) is 106 Å². The SMILES string of the molecule is CCCCCCCCC#Cc1cc(C#CCCCCCCCC)cc(C2=C(CCCCC)C(CCCC)=C(c3cc(CCCC)cc(CCCC)c3)[N+]2=[N-])c1.[CH2-]CCCCCCCCCCCCCC.[CH2-]CCCCCCCCCCCCCC.[Pd+2]. The maximum Gasteiger partial charge on any atom is 2.00 e. The Kier molecular flexibility index (Phi) is 60.5. The Balaban J connectivity index is 0.00000190. The number of benzene rings is 2. The number of unbranched alkanes of at least 4 members (excludes halogenated alkanes) is 41. The second-order valence-electron chi connectivity index (χ2n) is 25.7. The molecule has 0 saturated heterocycles. The molecule has 0 spiro atoms. The number of rotatable bonds is 51. The van der Waals surface area contributed by atoms with Gasteiger partial charge in [0.25, 0.3) is 0 Å². The van der Waals surface area contributed by atoms with Crippen LogP contribution in [0.3, 0.4) is 0 Å². The van der Waals surface area contributed by atoms with Crippen molar-refractivity contribution < 1.29 is 25.1 Å². The van der Waals surface area contributed by atoms with E-state index < -0.39 is 0 Å². The predicted octanol–water partition coefficient (Wildman–Crippen LogP) is 28.3. The van der Waals surface area contributed by atoms with Gasteiger partial charge in [-0.15, -0.1) is 0 Å². The molecule has 3 heteroatoms. The van der Waals surface area contributed by atoms with Gasteiger partial charge in [-0.1, -0.05) is 336 Å². The molecule has 86 heavy (non-hydrogen) atoms. The van der Waals surface area contributed by atoms with E-state index in [-0.39, 0.29) is 20.4 Å². The van der Waals surface area contributed by atoms with Crippen LogP contribution in [0.2, 0.25) is 0 Å². The molecule has 0 unspecified atom stereocenters. The molecule has 3 rings (SSSR count). The van der Waals surface area contributed by atoms with Crippen molar-refractivity contribution in [1.82, 2.24) is 0 Å². The first-order chi connectivity index (χ1) is 41.8. The van der Waals surface area contributed by atoms with Gasteiger partial charge < -0.3 is 19.4 Å². The predicted molar refractivity (Wildman–Crippen MR) is 383 cm³/mol. The topological polar surface area (TPSA) is 25.3 Å². The van der Waals surface area contributed by atoms with Crippen LogP contribution in [0.5, 0.6) is 0 Å². The zero-order chi connectivity index (χ0) is 61.9. The normalized spacial score (nSPS) is 11.9. The van der Waals surface area contributed by atoms with Crippen LogP contribution in [0.15, 0.2) is 47.5 Å². The molecule has 492 valence electrons. The van der Waals surface area contributed by atoms with E-state index in [1.54, 1.807) is 4.70 Å². The average molecular weight is 1270 g/mol. The van der Waals surface area contributed by atoms with Gasteiger partial charge in [-0.2, -0.15) is 12.8 Å². The second kappa shape index (κ2) is 62.5. The summed E-state index contributed by atoms with van der Waals surface area (Å²) in [5.41, 5.74) is 24.2. The molecular formula is C83H140N2Pd. The van der Waals surface area contributed by atoms with Crippen molar-refractivity contribution in [2.24, 2.45) is 0 Å². The van der Waals surface area contributed by atoms with Gasteiger partial charge in [-0.3, -0.25) is 0 Å². The molecule has 1 aliphatic rings. The monoisotopic (exact) mass is 1270 g/mol. The van der Waals surface area contributed by atoms with Crippen LogP contribution >= 0.6 is 0 Å². The van der Waals surface area contributed by atoms with Crippen LogP contribution < -0.4 is 0 Å². The van der Waals surface area contributed by atoms with E-state index in [1.165, 1.54) is 285 Å². The second-order valence-corrected chi connectivity index (χ2v) is 25.7. The zero-order valence-electron chi connectivity index (χ0n) is 58.6. The fraction of sp³-hybridized carbons (Fsp3) is 0.735. The van der Waals surface area contributed by atoms with E-state index in [9.17, 15) is 5.53 Å². The summed E-state index contributed by atoms with van der Waals surface area (Å²) in [6, 6.07) is 13.8. The number of aryl methyl sites for hydroxylation is 2. The third kappa shape index (κ3) is 43.1. The maximum atomic E-state index is 12.6. The average Bonchev–Trinajstić information content (AvgIpc) is 1.71. The summed E-state index contributed by atoms with van der Waals surface area (Å²) in [6.45, 7) is 26.0. The summed E-state index contributed by atoms with van der Waals surface area (Å²) in [7, 11) is 0. The van der Waals surface area contributed by atoms with Gasteiger partial charge in [0.2, 0.25) is 11.4 Å². The minimum Gasteiger partial charge on any atom is -0.493 e. The van der Waals surface area contributed by atoms with Crippen molar-refractivity contribution >= 4 is 11.4 Å². The van der Waals surface area contributed by atoms with E-state index in [2.05, 4.69) is 129 Å². The van der Waals surface area contributed by atoms with Crippen LogP contribution in [0.4, 0.5) is 0 Å². The molecule has 1 heterocycles. The van der Waals surface area contributed by atoms with Gasteiger partial charge in [0, 0.05) is 46.2 Å². The minimum absolute atomic E-state index is 0. The van der Waals surface area contributed by atoms with Gasteiger partial charge in [0.1, 0.15) is 0 Å². The molecule has 2 aromatic rings. The number of hydrogen-bond acceptors (Lipinski definition) is 0. The summed E-state index contributed by atoms with van der Waals surface area (Å²) in [4.78, 5) is 0. The standard InChI is InChI=1S/C53H78N2.2C15H31.Pd/c1-7-13-19-21-23-25-27-30-34-46-39-47(35-31-28-26-24-22-20-14-8-2)43-49(42-46)53-51(37-29-15-9-3)50(36-18-12-6)52(55(53)54)48-40-44(32-16-10-4)38-45(41-48)33-17-11-5;2*1-3-5-7-9-11-13-15-14-12-10-8-6-4-2;/h38-43H,7-29,32-33,36-37H2,1-6H3;2*1,3-15H2,2H3;/q;2*-1;+2. The van der Waals surface area contributed by atoms with E-state index in [0.29, 0.717) is 0 Å². The number of hydrogen-bond donors (Lipinski definition) is 0. The molecule has 0 saturated carbocycles. The first kappa shape index (κ1) is 83.3. The Labute approximate surface area is 552 Å². The Hall–Kier alpha value is -2.70. The van der Waals surface area contributed by atoms with Gasteiger partial charge in [0.15, 0.2) is 0 Å². The van der Waals surface area contributed by atoms with Crippen molar-refractivity contribution in [1.29, 1.82) is 0 Å². The largest absolute Gasteiger partial charge is 2.00 e. The van der Waals surface area contributed by atoms with E-state index in [0.717, 1.165) is 112 Å². The van der Waals surface area contributed by atoms with Crippen molar-refractivity contribution in [2.75, 3.05) is 0 Å². The molecule has 0 atom stereocenters. The first-order valence-corrected chi connectivity index (χ1v) is 37.6. The molecule has 0 aromatic heterocycles. The van der Waals surface area contributed by atoms with Crippen LogP contribution in [-0.2, 0) is 33.3 Å². The first-order valence-electron chi connectivity index (χ1n) is 37.6. The summed E-state index contributed by atoms with van der Waals surface area (Å²) in [5.74, 6) is 14.1. The van der Waals surface area contributed by atoms with Crippen LogP contribution in [0, 0.1) is 37.5 Å². The Morgan fingerprint density at radius 2 is 0.570 bits per heavy atom. The molecule has 0 fully saturated rings. The molecule has 0 radical (unpaired) electrons. The fourth-order valence-electron chi connectivity index (χ4n) is 11.9. The molecule has 1 aliphatic heterocycles. The fourth-order valence-corrected chi connectivity index (χ4v) is 11.9. The Morgan fingerprint density at radius 1 is 0.302 bits per heavy atom. The Bertz CT molecular complexity index is 1950. The quantitative estimate of drug-likeness (QED) is 0.0207. The van der Waals surface area contributed by atoms with Crippen molar-refractivity contribution in [3.63, 3.8) is 0 Å². The smallest absolute Gasteiger partial charge is 0.493 e. The van der Waals surface area contributed by atoms with Gasteiger partial charge >= 0.3 is 20.4 Å². The minimum atomic E-state index is 0. The summed E-state index contributed by atoms with van der Waals surface area (Å²) >= 11 is 0. The summed E-state index contributed by atoms with van der Waals surface area (Å²) < 4.78 is 1.59. The van der Waals surface area contributed by atoms with Crippen molar-refractivity contribution in [3.05, 3.63) is 100 Å². The third-order valence-electron chi connectivity index (χ3n) is 17.3. The third-order valence-corrected chi connectivity index (χ3v) is 17.3. The van der Waals surface area contributed by atoms with E-state index in [4.69, 9.17) is 0 Å². The van der Waals surface area contributed by atoms with Crippen molar-refractivity contribution in [3.8, 4) is 23.7 Å². The Morgan fingerprint density at radius 3 is 0.895 bits per heavy atom. The molecule has 2 aromatic carbocycles. The van der Waals surface area contributed by atoms with Crippen LogP contribution in [0.1, 0.15) is 416 Å². The zero-order valence-corrected chi connectivity index (χ0v) is 60.1. The van der Waals surface area contributed by atoms with Gasteiger partial charge in [-0.25, -0.2) is 4.70 Å². The number of nitrogens with zero attached hydrogens (tertiary/aromatic N) is 2. The number of allylic oxidation sites excluding steroid dienone is 2. The maximum absolute atomic E-state index is 12.6. The van der Waals surface area contributed by atoms with Crippen LogP contribution in [0.25, 0.3) is 16.9 Å². The molecule has 0 amide bonds. The molecule has 2 nitrogen and oxygen atoms in total. The molecule has 0 bridgehead atoms. The van der Waals surface area contributed by atoms with E-state index in [1.807, 2.05) is 0 Å². The summed E-state index contributed by atoms with van der Waals surface area (Å²) in [6.07, 6.45) is 68.4. The van der Waals surface area contributed by atoms with Gasteiger partial charge in [0.05, 0.1) is 0 Å². The molecular weight excluding hydrogens is 1130 g/mol. The van der Waals surface area contributed by atoms with Crippen LogP contribution in [-0.4, -0.2) is 4.70 Å². The summed E-state index contributed by atoms with van der Waals surface area (Å²) in [5, 5.41) is 0. The van der Waals surface area contributed by atoms with E-state index >= 15 is 0 Å². The molecule has 0 N–H and O–H groups in total.